The Morgan fingerprint density at radius 1 is 1.27 bits per heavy atom. The third kappa shape index (κ3) is 4.89. The normalized spacial score (nSPS) is 18.9. The monoisotopic (exact) mass is 162 g/mol. The lowest BCUT2D eigenvalue weighted by Crippen LogP contribution is -2.24. The van der Waals surface area contributed by atoms with Crippen molar-refractivity contribution < 1.29 is 20.1 Å². The van der Waals surface area contributed by atoms with Gasteiger partial charge in [-0.1, -0.05) is 0 Å². The van der Waals surface area contributed by atoms with Gasteiger partial charge in [-0.05, 0) is 19.8 Å². The topological polar surface area (TPSA) is 77.8 Å². The van der Waals surface area contributed by atoms with E-state index in [1.54, 1.807) is 0 Å². The molecule has 0 radical (unpaired) electrons. The fraction of sp³-hybridized carbons (Fsp3) is 0.857. The third-order valence-electron chi connectivity index (χ3n) is 1.47. The van der Waals surface area contributed by atoms with Gasteiger partial charge in [0, 0.05) is 0 Å². The molecule has 0 bridgehead atoms. The Labute approximate surface area is 65.5 Å². The maximum Gasteiger partial charge on any atom is 0.148 e. The van der Waals surface area contributed by atoms with Crippen LogP contribution in [0.15, 0.2) is 0 Å². The molecule has 3 unspecified atom stereocenters. The zero-order valence-corrected chi connectivity index (χ0v) is 6.47. The van der Waals surface area contributed by atoms with Gasteiger partial charge >= 0.3 is 0 Å². The van der Waals surface area contributed by atoms with E-state index in [9.17, 15) is 4.79 Å². The van der Waals surface area contributed by atoms with E-state index in [1.807, 2.05) is 0 Å². The van der Waals surface area contributed by atoms with E-state index in [4.69, 9.17) is 15.3 Å². The van der Waals surface area contributed by atoms with Crippen molar-refractivity contribution in [3.8, 4) is 0 Å². The molecular formula is C7H14O4. The Hall–Kier alpha value is -0.450. The summed E-state index contributed by atoms with van der Waals surface area (Å²) in [7, 11) is 0. The molecule has 3 atom stereocenters. The highest BCUT2D eigenvalue weighted by molar-refractivity contribution is 5.55. The zero-order chi connectivity index (χ0) is 8.85. The number of hydrogen-bond donors (Lipinski definition) is 3. The summed E-state index contributed by atoms with van der Waals surface area (Å²) in [6.45, 7) is 1.46. The fourth-order valence-corrected chi connectivity index (χ4v) is 0.651. The third-order valence-corrected chi connectivity index (χ3v) is 1.47. The molecule has 66 valence electrons. The summed E-state index contributed by atoms with van der Waals surface area (Å²) in [6.07, 6.45) is -1.86. The molecule has 0 aliphatic rings. The first kappa shape index (κ1) is 10.6. The number of carbonyl (C=O) groups is 1. The molecular weight excluding hydrogens is 148 g/mol. The van der Waals surface area contributed by atoms with Crippen LogP contribution in [-0.2, 0) is 4.79 Å². The van der Waals surface area contributed by atoms with Gasteiger partial charge in [0.25, 0.3) is 0 Å². The minimum atomic E-state index is -1.02. The van der Waals surface area contributed by atoms with Crippen molar-refractivity contribution >= 4 is 6.29 Å². The lowest BCUT2D eigenvalue weighted by atomic mass is 10.1. The number of aldehydes is 1. The van der Waals surface area contributed by atoms with E-state index in [2.05, 4.69) is 0 Å². The molecule has 0 saturated heterocycles. The first-order chi connectivity index (χ1) is 5.07. The van der Waals surface area contributed by atoms with Crippen LogP contribution < -0.4 is 0 Å². The average molecular weight is 162 g/mol. The van der Waals surface area contributed by atoms with Gasteiger partial charge in [0.05, 0.1) is 12.2 Å². The van der Waals surface area contributed by atoms with Crippen LogP contribution in [0.25, 0.3) is 0 Å². The highest BCUT2D eigenvalue weighted by atomic mass is 16.3. The van der Waals surface area contributed by atoms with Crippen LogP contribution in [-0.4, -0.2) is 39.9 Å². The summed E-state index contributed by atoms with van der Waals surface area (Å²) < 4.78 is 0. The minimum absolute atomic E-state index is 0.190. The molecule has 4 heteroatoms. The second kappa shape index (κ2) is 5.23. The molecule has 0 aliphatic heterocycles. The number of aliphatic hydroxyl groups excluding tert-OH is 3. The lowest BCUT2D eigenvalue weighted by molar-refractivity contribution is -0.115. The van der Waals surface area contributed by atoms with Crippen molar-refractivity contribution in [2.45, 2.75) is 38.1 Å². The molecule has 11 heavy (non-hydrogen) atoms. The summed E-state index contributed by atoms with van der Waals surface area (Å²) >= 11 is 0. The molecule has 3 N–H and O–H groups in total. The van der Waals surface area contributed by atoms with Crippen LogP contribution in [0, 0.1) is 0 Å². The molecule has 0 aliphatic carbocycles. The van der Waals surface area contributed by atoms with Crippen LogP contribution in [0.3, 0.4) is 0 Å². The van der Waals surface area contributed by atoms with Gasteiger partial charge in [0.2, 0.25) is 0 Å². The van der Waals surface area contributed by atoms with Crippen LogP contribution >= 0.6 is 0 Å². The van der Waals surface area contributed by atoms with Gasteiger partial charge < -0.3 is 20.1 Å². The van der Waals surface area contributed by atoms with E-state index in [0.717, 1.165) is 0 Å². The fourth-order valence-electron chi connectivity index (χ4n) is 0.651. The zero-order valence-electron chi connectivity index (χ0n) is 6.47. The summed E-state index contributed by atoms with van der Waals surface area (Å²) in [4.78, 5) is 9.89. The SMILES string of the molecule is CC(O)C(O)CCC(O)C=O. The molecule has 0 heterocycles. The van der Waals surface area contributed by atoms with Crippen molar-refractivity contribution in [3.63, 3.8) is 0 Å². The number of rotatable bonds is 5. The van der Waals surface area contributed by atoms with Crippen LogP contribution in [0.1, 0.15) is 19.8 Å². The first-order valence-electron chi connectivity index (χ1n) is 3.57. The second-order valence-corrected chi connectivity index (χ2v) is 2.59. The second-order valence-electron chi connectivity index (χ2n) is 2.59. The van der Waals surface area contributed by atoms with Crippen molar-refractivity contribution in [3.05, 3.63) is 0 Å². The van der Waals surface area contributed by atoms with Gasteiger partial charge in [0.1, 0.15) is 12.4 Å². The molecule has 0 aromatic rings. The van der Waals surface area contributed by atoms with Crippen molar-refractivity contribution in [1.29, 1.82) is 0 Å². The maximum absolute atomic E-state index is 9.89. The first-order valence-corrected chi connectivity index (χ1v) is 3.57. The molecule has 0 amide bonds. The quantitative estimate of drug-likeness (QED) is 0.456. The Balaban J connectivity index is 3.45. The van der Waals surface area contributed by atoms with E-state index in [1.165, 1.54) is 6.92 Å². The highest BCUT2D eigenvalue weighted by Crippen LogP contribution is 2.03. The number of hydrogen-bond acceptors (Lipinski definition) is 4. The maximum atomic E-state index is 9.89. The molecule has 0 rings (SSSR count). The van der Waals surface area contributed by atoms with E-state index in [0.29, 0.717) is 6.29 Å². The largest absolute Gasteiger partial charge is 0.391 e. The predicted octanol–water partition coefficient (Wildman–Crippen LogP) is -0.932. The van der Waals surface area contributed by atoms with Crippen LogP contribution in [0.5, 0.6) is 0 Å². The van der Waals surface area contributed by atoms with Gasteiger partial charge in [-0.2, -0.15) is 0 Å². The molecule has 0 spiro atoms. The summed E-state index contributed by atoms with van der Waals surface area (Å²) in [6, 6.07) is 0. The Kier molecular flexibility index (Phi) is 5.02. The molecule has 0 saturated carbocycles. The Morgan fingerprint density at radius 3 is 2.18 bits per heavy atom. The smallest absolute Gasteiger partial charge is 0.148 e. The predicted molar refractivity (Wildman–Crippen MR) is 39.0 cm³/mol. The molecule has 4 nitrogen and oxygen atoms in total. The Bertz CT molecular complexity index is 113. The molecule has 0 fully saturated rings. The number of carbonyl (C=O) groups excluding carboxylic acids is 1. The van der Waals surface area contributed by atoms with Crippen molar-refractivity contribution in [2.75, 3.05) is 0 Å². The molecule has 0 aromatic carbocycles. The van der Waals surface area contributed by atoms with Crippen molar-refractivity contribution in [2.24, 2.45) is 0 Å². The summed E-state index contributed by atoms with van der Waals surface area (Å²) in [5.41, 5.74) is 0. The van der Waals surface area contributed by atoms with Gasteiger partial charge in [-0.15, -0.1) is 0 Å². The van der Waals surface area contributed by atoms with Crippen LogP contribution in [0.2, 0.25) is 0 Å². The molecule has 0 aromatic heterocycles. The van der Waals surface area contributed by atoms with E-state index >= 15 is 0 Å². The summed E-state index contributed by atoms with van der Waals surface area (Å²) in [5.74, 6) is 0. The van der Waals surface area contributed by atoms with Gasteiger partial charge in [-0.3, -0.25) is 0 Å². The van der Waals surface area contributed by atoms with E-state index in [-0.39, 0.29) is 12.8 Å². The van der Waals surface area contributed by atoms with Gasteiger partial charge in [0.15, 0.2) is 0 Å². The number of aliphatic hydroxyl groups is 3. The summed E-state index contributed by atoms with van der Waals surface area (Å²) in [5, 5.41) is 26.5. The standard InChI is InChI=1S/C7H14O4/c1-5(9)7(11)3-2-6(10)4-8/h4-7,9-11H,2-3H2,1H3. The van der Waals surface area contributed by atoms with Crippen molar-refractivity contribution in [1.82, 2.24) is 0 Å². The van der Waals surface area contributed by atoms with Crippen LogP contribution in [0.4, 0.5) is 0 Å². The average Bonchev–Trinajstić information content (AvgIpc) is 1.99. The highest BCUT2D eigenvalue weighted by Gasteiger charge is 2.12. The van der Waals surface area contributed by atoms with E-state index < -0.39 is 18.3 Å². The van der Waals surface area contributed by atoms with Gasteiger partial charge in [-0.25, -0.2) is 0 Å². The lowest BCUT2D eigenvalue weighted by Gasteiger charge is -2.13. The minimum Gasteiger partial charge on any atom is -0.391 e. The Morgan fingerprint density at radius 2 is 1.82 bits per heavy atom.